The van der Waals surface area contributed by atoms with Gasteiger partial charge in [-0.15, -0.1) is 0 Å². The molecule has 0 spiro atoms. The second-order valence-electron chi connectivity index (χ2n) is 3.37. The molecule has 0 saturated heterocycles. The average molecular weight is 231 g/mol. The minimum absolute atomic E-state index is 0.318. The summed E-state index contributed by atoms with van der Waals surface area (Å²) in [5.41, 5.74) is 1.62. The van der Waals surface area contributed by atoms with Crippen LogP contribution < -0.4 is 5.32 Å². The number of rotatable bonds is 2. The summed E-state index contributed by atoms with van der Waals surface area (Å²) in [5.74, 6) is 3.88. The smallest absolute Gasteiger partial charge is 0.339 e. The first kappa shape index (κ1) is 12.8. The Bertz CT molecular complexity index is 509. The lowest BCUT2D eigenvalue weighted by Crippen LogP contribution is -2.13. The number of aryl methyl sites for hydroxylation is 1. The highest BCUT2D eigenvalue weighted by atomic mass is 16.5. The van der Waals surface area contributed by atoms with Gasteiger partial charge in [0, 0.05) is 0 Å². The number of anilines is 1. The molecule has 1 rings (SSSR count). The van der Waals surface area contributed by atoms with Crippen molar-refractivity contribution in [3.8, 4) is 11.8 Å². The monoisotopic (exact) mass is 231 g/mol. The predicted molar refractivity (Wildman–Crippen MR) is 64.6 cm³/mol. The molecule has 1 aromatic rings. The molecule has 0 radical (unpaired) electrons. The molecule has 1 amide bonds. The molecule has 17 heavy (non-hydrogen) atoms. The Morgan fingerprint density at radius 1 is 1.35 bits per heavy atom. The van der Waals surface area contributed by atoms with Crippen LogP contribution in [-0.2, 0) is 9.53 Å². The number of amides is 1. The molecule has 4 heteroatoms. The Kier molecular flexibility index (Phi) is 4.29. The Labute approximate surface area is 100.0 Å². The summed E-state index contributed by atoms with van der Waals surface area (Å²) in [6.45, 7) is 3.42. The van der Waals surface area contributed by atoms with Gasteiger partial charge in [-0.05, 0) is 31.9 Å². The minimum atomic E-state index is -0.492. The van der Waals surface area contributed by atoms with Crippen LogP contribution in [0.2, 0.25) is 0 Å². The average Bonchev–Trinajstić information content (AvgIpc) is 2.30. The number of carbonyl (C=O) groups excluding carboxylic acids is 2. The highest BCUT2D eigenvalue weighted by Gasteiger charge is 2.13. The van der Waals surface area contributed by atoms with Crippen LogP contribution in [0.25, 0.3) is 0 Å². The minimum Gasteiger partial charge on any atom is -0.465 e. The molecule has 0 aromatic heterocycles. The molecule has 0 aliphatic carbocycles. The third kappa shape index (κ3) is 3.35. The maximum atomic E-state index is 11.5. The lowest BCUT2D eigenvalue weighted by molar-refractivity contribution is -0.111. The van der Waals surface area contributed by atoms with Gasteiger partial charge >= 0.3 is 5.97 Å². The first-order valence-electron chi connectivity index (χ1n) is 5.01. The number of nitrogens with one attached hydrogen (secondary N) is 1. The third-order valence-electron chi connectivity index (χ3n) is 2.07. The van der Waals surface area contributed by atoms with E-state index in [-0.39, 0.29) is 0 Å². The summed E-state index contributed by atoms with van der Waals surface area (Å²) in [6, 6.07) is 5.10. The van der Waals surface area contributed by atoms with Crippen molar-refractivity contribution in [2.24, 2.45) is 0 Å². The van der Waals surface area contributed by atoms with Crippen LogP contribution in [0.4, 0.5) is 5.69 Å². The highest BCUT2D eigenvalue weighted by Crippen LogP contribution is 2.18. The third-order valence-corrected chi connectivity index (χ3v) is 2.07. The van der Waals surface area contributed by atoms with E-state index in [2.05, 4.69) is 21.9 Å². The standard InChI is InChI=1S/C13H13NO3/c1-4-5-12(15)14-11-7-6-9(2)8-10(11)13(16)17-3/h6-8H,1-3H3,(H,14,15). The fraction of sp³-hybridized carbons (Fsp3) is 0.231. The van der Waals surface area contributed by atoms with Gasteiger partial charge in [0.05, 0.1) is 18.4 Å². The zero-order valence-electron chi connectivity index (χ0n) is 9.96. The summed E-state index contributed by atoms with van der Waals surface area (Å²) in [5, 5.41) is 2.54. The number of esters is 1. The number of benzene rings is 1. The van der Waals surface area contributed by atoms with Crippen LogP contribution >= 0.6 is 0 Å². The van der Waals surface area contributed by atoms with Crippen molar-refractivity contribution < 1.29 is 14.3 Å². The van der Waals surface area contributed by atoms with E-state index in [1.807, 2.05) is 6.92 Å². The molecule has 0 unspecified atom stereocenters. The predicted octanol–water partition coefficient (Wildman–Crippen LogP) is 1.74. The van der Waals surface area contributed by atoms with Gasteiger partial charge in [-0.3, -0.25) is 4.79 Å². The SMILES string of the molecule is CC#CC(=O)Nc1ccc(C)cc1C(=O)OC. The second kappa shape index (κ2) is 5.71. The van der Waals surface area contributed by atoms with Crippen LogP contribution in [0.3, 0.4) is 0 Å². The second-order valence-corrected chi connectivity index (χ2v) is 3.37. The Hall–Kier alpha value is -2.28. The van der Waals surface area contributed by atoms with Crippen molar-refractivity contribution in [2.45, 2.75) is 13.8 Å². The van der Waals surface area contributed by atoms with E-state index in [1.165, 1.54) is 7.11 Å². The van der Waals surface area contributed by atoms with Crippen LogP contribution in [0.15, 0.2) is 18.2 Å². The molecular formula is C13H13NO3. The topological polar surface area (TPSA) is 55.4 Å². The van der Waals surface area contributed by atoms with Crippen molar-refractivity contribution >= 4 is 17.6 Å². The van der Waals surface area contributed by atoms with E-state index in [1.54, 1.807) is 25.1 Å². The number of ether oxygens (including phenoxy) is 1. The largest absolute Gasteiger partial charge is 0.465 e. The van der Waals surface area contributed by atoms with E-state index in [0.717, 1.165) is 5.56 Å². The zero-order chi connectivity index (χ0) is 12.8. The van der Waals surface area contributed by atoms with Crippen molar-refractivity contribution in [3.63, 3.8) is 0 Å². The highest BCUT2D eigenvalue weighted by molar-refractivity contribution is 6.07. The summed E-state index contributed by atoms with van der Waals surface area (Å²) >= 11 is 0. The summed E-state index contributed by atoms with van der Waals surface area (Å²) in [7, 11) is 1.29. The molecular weight excluding hydrogens is 218 g/mol. The first-order chi connectivity index (χ1) is 8.08. The van der Waals surface area contributed by atoms with Crippen LogP contribution in [0.5, 0.6) is 0 Å². The summed E-state index contributed by atoms with van der Waals surface area (Å²) in [6.07, 6.45) is 0. The lowest BCUT2D eigenvalue weighted by Gasteiger charge is -2.08. The summed E-state index contributed by atoms with van der Waals surface area (Å²) in [4.78, 5) is 22.8. The van der Waals surface area contributed by atoms with Gasteiger partial charge < -0.3 is 10.1 Å². The van der Waals surface area contributed by atoms with Crippen LogP contribution in [0, 0.1) is 18.8 Å². The Balaban J connectivity index is 3.09. The van der Waals surface area contributed by atoms with E-state index in [4.69, 9.17) is 0 Å². The molecule has 4 nitrogen and oxygen atoms in total. The molecule has 0 aliphatic rings. The molecule has 1 N–H and O–H groups in total. The van der Waals surface area contributed by atoms with E-state index in [0.29, 0.717) is 11.3 Å². The number of carbonyl (C=O) groups is 2. The van der Waals surface area contributed by atoms with E-state index >= 15 is 0 Å². The number of methoxy groups -OCH3 is 1. The summed E-state index contributed by atoms with van der Waals surface area (Å²) < 4.78 is 4.65. The molecule has 0 aliphatic heterocycles. The first-order valence-corrected chi connectivity index (χ1v) is 5.01. The van der Waals surface area contributed by atoms with Gasteiger partial charge in [0.1, 0.15) is 0 Å². The van der Waals surface area contributed by atoms with Gasteiger partial charge in [-0.2, -0.15) is 0 Å². The van der Waals surface area contributed by atoms with Gasteiger partial charge in [0.2, 0.25) is 0 Å². The lowest BCUT2D eigenvalue weighted by atomic mass is 10.1. The quantitative estimate of drug-likeness (QED) is 0.623. The fourth-order valence-electron chi connectivity index (χ4n) is 1.31. The molecule has 0 atom stereocenters. The van der Waals surface area contributed by atoms with E-state index < -0.39 is 11.9 Å². The molecule has 1 aromatic carbocycles. The Morgan fingerprint density at radius 2 is 2.06 bits per heavy atom. The van der Waals surface area contributed by atoms with Crippen LogP contribution in [-0.4, -0.2) is 19.0 Å². The van der Waals surface area contributed by atoms with Crippen LogP contribution in [0.1, 0.15) is 22.8 Å². The van der Waals surface area contributed by atoms with Crippen molar-refractivity contribution in [1.82, 2.24) is 0 Å². The van der Waals surface area contributed by atoms with Crippen molar-refractivity contribution in [1.29, 1.82) is 0 Å². The maximum absolute atomic E-state index is 11.5. The molecule has 88 valence electrons. The molecule has 0 saturated carbocycles. The number of hydrogen-bond donors (Lipinski definition) is 1. The van der Waals surface area contributed by atoms with Gasteiger partial charge in [-0.25, -0.2) is 4.79 Å². The normalized spacial score (nSPS) is 8.88. The van der Waals surface area contributed by atoms with Gasteiger partial charge in [0.25, 0.3) is 5.91 Å². The van der Waals surface area contributed by atoms with Gasteiger partial charge in [0.15, 0.2) is 0 Å². The fourth-order valence-corrected chi connectivity index (χ4v) is 1.31. The van der Waals surface area contributed by atoms with E-state index in [9.17, 15) is 9.59 Å². The Morgan fingerprint density at radius 3 is 2.65 bits per heavy atom. The van der Waals surface area contributed by atoms with Crippen molar-refractivity contribution in [2.75, 3.05) is 12.4 Å². The van der Waals surface area contributed by atoms with Crippen molar-refractivity contribution in [3.05, 3.63) is 29.3 Å². The van der Waals surface area contributed by atoms with Gasteiger partial charge in [-0.1, -0.05) is 17.6 Å². The molecule has 0 fully saturated rings. The molecule has 0 bridgehead atoms. The maximum Gasteiger partial charge on any atom is 0.339 e. The molecule has 0 heterocycles. The zero-order valence-corrected chi connectivity index (χ0v) is 9.96. The number of hydrogen-bond acceptors (Lipinski definition) is 3.